The van der Waals surface area contributed by atoms with Gasteiger partial charge in [-0.3, -0.25) is 0 Å². The van der Waals surface area contributed by atoms with E-state index in [2.05, 4.69) is 209 Å². The van der Waals surface area contributed by atoms with E-state index in [0.717, 1.165) is 40.8 Å². The van der Waals surface area contributed by atoms with Crippen molar-refractivity contribution in [3.8, 4) is 28.3 Å². The second kappa shape index (κ2) is 13.7. The highest BCUT2D eigenvalue weighted by atomic mass is 16.5. The highest BCUT2D eigenvalue weighted by molar-refractivity contribution is 6.15. The second-order valence-electron chi connectivity index (χ2n) is 17.5. The molecule has 0 amide bonds. The lowest BCUT2D eigenvalue weighted by Crippen LogP contribution is -2.13. The van der Waals surface area contributed by atoms with Crippen LogP contribution in [0.4, 0.5) is 0 Å². The lowest BCUT2D eigenvalue weighted by Gasteiger charge is -2.19. The van der Waals surface area contributed by atoms with E-state index in [1.165, 1.54) is 94.0 Å². The number of ether oxygens (including phenoxy) is 1. The van der Waals surface area contributed by atoms with E-state index in [1.54, 1.807) is 0 Å². The Morgan fingerprint density at radius 2 is 1.22 bits per heavy atom. The molecule has 3 aromatic heterocycles. The zero-order valence-corrected chi connectivity index (χ0v) is 34.9. The summed E-state index contributed by atoms with van der Waals surface area (Å²) in [5.74, 6) is 1.20. The zero-order valence-electron chi connectivity index (χ0n) is 34.9. The molecule has 11 aromatic rings. The largest absolute Gasteiger partial charge is 0.485 e. The van der Waals surface area contributed by atoms with Gasteiger partial charge in [-0.2, -0.15) is 0 Å². The number of nitrogens with zero attached hydrogens (tertiary/aromatic N) is 2. The van der Waals surface area contributed by atoms with Crippen molar-refractivity contribution in [1.82, 2.24) is 9.13 Å². The number of rotatable bonds is 5. The normalized spacial score (nSPS) is 16.6. The third-order valence-corrected chi connectivity index (χ3v) is 14.0. The van der Waals surface area contributed by atoms with Crippen molar-refractivity contribution < 1.29 is 9.15 Å². The Morgan fingerprint density at radius 1 is 0.516 bits per heavy atom. The monoisotopic (exact) mass is 820 g/mol. The average molecular weight is 821 g/mol. The maximum absolute atomic E-state index is 6.34. The summed E-state index contributed by atoms with van der Waals surface area (Å²) in [5, 5.41) is 6.10. The Hall–Kier alpha value is -8.08. The predicted molar refractivity (Wildman–Crippen MR) is 264 cm³/mol. The van der Waals surface area contributed by atoms with Crippen molar-refractivity contribution in [2.75, 3.05) is 0 Å². The lowest BCUT2D eigenvalue weighted by molar-refractivity contribution is 0.279. The van der Waals surface area contributed by atoms with Gasteiger partial charge in [-0.25, -0.2) is 0 Å². The molecule has 0 radical (unpaired) electrons. The number of para-hydroxylation sites is 5. The van der Waals surface area contributed by atoms with Gasteiger partial charge in [0.1, 0.15) is 23.0 Å². The first kappa shape index (κ1) is 35.5. The molecule has 0 saturated carbocycles. The maximum Gasteiger partial charge on any atom is 0.135 e. The zero-order chi connectivity index (χ0) is 41.9. The number of benzene rings is 8. The van der Waals surface area contributed by atoms with E-state index in [0.29, 0.717) is 0 Å². The van der Waals surface area contributed by atoms with Crippen LogP contribution in [0.15, 0.2) is 205 Å². The SMILES string of the molecule is C1=CC(c2ccc3oc4ccccc4c3c2)Cc2c1n(-c1ccccc1)c1ccc(-c3cccc4c5cc(C6=CCC7Oc8ccccc8C7=C6)ccc5n(-c5ccccc5)c34)cc21. The van der Waals surface area contributed by atoms with E-state index in [9.17, 15) is 0 Å². The summed E-state index contributed by atoms with van der Waals surface area (Å²) in [7, 11) is 0. The Bertz CT molecular complexity index is 3820. The summed E-state index contributed by atoms with van der Waals surface area (Å²) in [6.07, 6.45) is 11.3. The van der Waals surface area contributed by atoms with Crippen molar-refractivity contribution in [3.63, 3.8) is 0 Å². The van der Waals surface area contributed by atoms with Gasteiger partial charge in [0, 0.05) is 73.0 Å². The van der Waals surface area contributed by atoms with Crippen LogP contribution in [-0.2, 0) is 6.42 Å². The third-order valence-electron chi connectivity index (χ3n) is 14.0. The summed E-state index contributed by atoms with van der Waals surface area (Å²) in [6, 6.07) is 66.2. The molecule has 0 bridgehead atoms. The minimum Gasteiger partial charge on any atom is -0.485 e. The molecule has 4 heterocycles. The van der Waals surface area contributed by atoms with Crippen LogP contribution >= 0.6 is 0 Å². The molecular weight excluding hydrogens is 781 g/mol. The molecule has 3 aliphatic rings. The quantitative estimate of drug-likeness (QED) is 0.173. The van der Waals surface area contributed by atoms with Gasteiger partial charge < -0.3 is 18.3 Å². The van der Waals surface area contributed by atoms with Crippen LogP contribution in [0.25, 0.3) is 94.4 Å². The highest BCUT2D eigenvalue weighted by Crippen LogP contribution is 2.46. The van der Waals surface area contributed by atoms with Crippen LogP contribution < -0.4 is 4.74 Å². The predicted octanol–water partition coefficient (Wildman–Crippen LogP) is 15.3. The van der Waals surface area contributed by atoms with Gasteiger partial charge in [-0.05, 0) is 119 Å². The van der Waals surface area contributed by atoms with Crippen molar-refractivity contribution in [3.05, 3.63) is 228 Å². The van der Waals surface area contributed by atoms with E-state index in [1.807, 2.05) is 6.07 Å². The van der Waals surface area contributed by atoms with Crippen LogP contribution in [0.2, 0.25) is 0 Å². The number of aromatic nitrogens is 2. The first-order chi connectivity index (χ1) is 31.7. The maximum atomic E-state index is 6.34. The minimum atomic E-state index is 0.0779. The highest BCUT2D eigenvalue weighted by Gasteiger charge is 2.31. The number of hydrogen-bond acceptors (Lipinski definition) is 2. The lowest BCUT2D eigenvalue weighted by atomic mass is 9.86. The fourth-order valence-corrected chi connectivity index (χ4v) is 11.0. The van der Waals surface area contributed by atoms with Crippen molar-refractivity contribution in [2.24, 2.45) is 0 Å². The summed E-state index contributed by atoms with van der Waals surface area (Å²) >= 11 is 0. The Labute approximate surface area is 369 Å². The molecule has 0 saturated heterocycles. The molecule has 2 unspecified atom stereocenters. The first-order valence-corrected chi connectivity index (χ1v) is 22.4. The number of furan rings is 1. The van der Waals surface area contributed by atoms with E-state index in [-0.39, 0.29) is 12.0 Å². The molecule has 0 fully saturated rings. The standard InChI is InChI=1S/C60H40N2O2/c1-3-12-42(13-4-1)61-53-27-22-38(40-26-31-59-52(35-40)46-17-8-10-21-57(46)64-59)33-49(53)50-36-41(24-29-54(50)61)44-18-11-19-47-48-32-37(23-28-55(48)62(60(44)47)43-14-5-2-6-15-43)39-25-30-58-51(34-39)45-16-7-9-20-56(45)63-58/h1-29,31-32,34-36,38,58H,30,33H2. The van der Waals surface area contributed by atoms with E-state index in [4.69, 9.17) is 9.15 Å². The molecule has 0 spiro atoms. The van der Waals surface area contributed by atoms with Crippen LogP contribution in [0.5, 0.6) is 5.75 Å². The second-order valence-corrected chi connectivity index (χ2v) is 17.5. The van der Waals surface area contributed by atoms with Crippen LogP contribution in [0.1, 0.15) is 40.3 Å². The molecule has 2 atom stereocenters. The topological polar surface area (TPSA) is 32.2 Å². The van der Waals surface area contributed by atoms with E-state index >= 15 is 0 Å². The molecule has 64 heavy (non-hydrogen) atoms. The Kier molecular flexibility index (Phi) is 7.61. The average Bonchev–Trinajstić information content (AvgIpc) is 4.11. The smallest absolute Gasteiger partial charge is 0.135 e. The van der Waals surface area contributed by atoms with Gasteiger partial charge in [0.2, 0.25) is 0 Å². The molecule has 8 aromatic carbocycles. The van der Waals surface area contributed by atoms with E-state index < -0.39 is 0 Å². The summed E-state index contributed by atoms with van der Waals surface area (Å²) in [4.78, 5) is 0. The third kappa shape index (κ3) is 5.29. The molecule has 0 N–H and O–H groups in total. The van der Waals surface area contributed by atoms with Crippen molar-refractivity contribution in [1.29, 1.82) is 0 Å². The van der Waals surface area contributed by atoms with Crippen LogP contribution in [0.3, 0.4) is 0 Å². The van der Waals surface area contributed by atoms with Crippen LogP contribution in [0, 0.1) is 0 Å². The fraction of sp³-hybridized carbons (Fsp3) is 0.0667. The molecule has 14 rings (SSSR count). The van der Waals surface area contributed by atoms with Gasteiger partial charge in [0.15, 0.2) is 0 Å². The van der Waals surface area contributed by atoms with Gasteiger partial charge in [0.05, 0.1) is 16.6 Å². The molecule has 302 valence electrons. The number of allylic oxidation sites excluding steroid dienone is 3. The number of fused-ring (bicyclic) bond motifs is 12. The number of hydrogen-bond donors (Lipinski definition) is 0. The first-order valence-electron chi connectivity index (χ1n) is 22.4. The van der Waals surface area contributed by atoms with Gasteiger partial charge in [0.25, 0.3) is 0 Å². The molecule has 2 aliphatic carbocycles. The van der Waals surface area contributed by atoms with Crippen molar-refractivity contribution >= 4 is 71.9 Å². The molecular formula is C60H40N2O2. The Morgan fingerprint density at radius 3 is 2.09 bits per heavy atom. The van der Waals surface area contributed by atoms with Gasteiger partial charge in [-0.1, -0.05) is 121 Å². The molecule has 4 nitrogen and oxygen atoms in total. The van der Waals surface area contributed by atoms with Gasteiger partial charge in [-0.15, -0.1) is 0 Å². The summed E-state index contributed by atoms with van der Waals surface area (Å²) in [6.45, 7) is 0. The summed E-state index contributed by atoms with van der Waals surface area (Å²) in [5.41, 5.74) is 19.1. The van der Waals surface area contributed by atoms with Crippen LogP contribution in [-0.4, -0.2) is 15.2 Å². The summed E-state index contributed by atoms with van der Waals surface area (Å²) < 4.78 is 17.5. The Balaban J connectivity index is 0.937. The molecule has 1 aliphatic heterocycles. The minimum absolute atomic E-state index is 0.0779. The molecule has 4 heteroatoms. The fourth-order valence-electron chi connectivity index (χ4n) is 11.0. The van der Waals surface area contributed by atoms with Gasteiger partial charge >= 0.3 is 0 Å². The van der Waals surface area contributed by atoms with Crippen molar-refractivity contribution in [2.45, 2.75) is 24.9 Å².